The van der Waals surface area contributed by atoms with Gasteiger partial charge in [0.15, 0.2) is 0 Å². The molecule has 1 aliphatic rings. The lowest BCUT2D eigenvalue weighted by Gasteiger charge is -2.19. The van der Waals surface area contributed by atoms with Gasteiger partial charge in [0, 0.05) is 42.8 Å². The number of carbonyl (C=O) groups excluding carboxylic acids is 2. The Morgan fingerprint density at radius 2 is 2.11 bits per heavy atom. The first-order chi connectivity index (χ1) is 12.6. The Kier molecular flexibility index (Phi) is 7.41. The minimum absolute atomic E-state index is 0.0638. The van der Waals surface area contributed by atoms with Crippen LogP contribution in [0.25, 0.3) is 0 Å². The van der Waals surface area contributed by atoms with E-state index >= 15 is 0 Å². The fraction of sp³-hybridized carbons (Fsp3) is 0.556. The topological polar surface area (TPSA) is 86.8 Å². The zero-order valence-corrected chi connectivity index (χ0v) is 18.3. The Bertz CT molecular complexity index is 813. The Balaban J connectivity index is 1.86. The average molecular weight is 460 g/mol. The summed E-state index contributed by atoms with van der Waals surface area (Å²) in [5.41, 5.74) is 1.82. The lowest BCUT2D eigenvalue weighted by atomic mass is 10.1. The van der Waals surface area contributed by atoms with E-state index in [0.29, 0.717) is 32.6 Å². The van der Waals surface area contributed by atoms with E-state index in [1.165, 1.54) is 10.6 Å². The van der Waals surface area contributed by atoms with E-state index in [2.05, 4.69) is 21.2 Å². The predicted octanol–water partition coefficient (Wildman–Crippen LogP) is 1.90. The van der Waals surface area contributed by atoms with Gasteiger partial charge in [-0.1, -0.05) is 22.9 Å². The van der Waals surface area contributed by atoms with E-state index in [1.807, 2.05) is 25.1 Å². The minimum atomic E-state index is -3.22. The van der Waals surface area contributed by atoms with Crippen molar-refractivity contribution in [3.63, 3.8) is 0 Å². The summed E-state index contributed by atoms with van der Waals surface area (Å²) >= 11 is 3.44. The van der Waals surface area contributed by atoms with E-state index in [1.54, 1.807) is 11.8 Å². The number of anilines is 1. The molecule has 0 spiro atoms. The van der Waals surface area contributed by atoms with Gasteiger partial charge in [0.05, 0.1) is 12.2 Å². The zero-order chi connectivity index (χ0) is 20.2. The predicted molar refractivity (Wildman–Crippen MR) is 109 cm³/mol. The van der Waals surface area contributed by atoms with Gasteiger partial charge < -0.3 is 10.2 Å². The first kappa shape index (κ1) is 21.8. The summed E-state index contributed by atoms with van der Waals surface area (Å²) in [4.78, 5) is 26.3. The highest BCUT2D eigenvalue weighted by atomic mass is 79.9. The Morgan fingerprint density at radius 3 is 2.70 bits per heavy atom. The quantitative estimate of drug-likeness (QED) is 0.601. The van der Waals surface area contributed by atoms with Crippen molar-refractivity contribution in [1.82, 2.24) is 9.62 Å². The Hall–Kier alpha value is -1.45. The summed E-state index contributed by atoms with van der Waals surface area (Å²) in [6.45, 7) is 5.24. The van der Waals surface area contributed by atoms with Crippen molar-refractivity contribution in [1.29, 1.82) is 0 Å². The van der Waals surface area contributed by atoms with Gasteiger partial charge in [-0.15, -0.1) is 0 Å². The molecule has 1 fully saturated rings. The molecule has 2 amide bonds. The summed E-state index contributed by atoms with van der Waals surface area (Å²) in [5, 5.41) is 2.82. The fourth-order valence-electron chi connectivity index (χ4n) is 3.10. The van der Waals surface area contributed by atoms with Gasteiger partial charge in [0.2, 0.25) is 21.8 Å². The average Bonchev–Trinajstić information content (AvgIpc) is 2.98. The molecule has 150 valence electrons. The number of amides is 2. The first-order valence-corrected chi connectivity index (χ1v) is 11.6. The molecule has 1 aliphatic heterocycles. The molecule has 0 aromatic heterocycles. The number of halogens is 1. The van der Waals surface area contributed by atoms with Crippen molar-refractivity contribution in [2.45, 2.75) is 26.7 Å². The van der Waals surface area contributed by atoms with E-state index in [0.717, 1.165) is 15.7 Å². The monoisotopic (exact) mass is 459 g/mol. The summed E-state index contributed by atoms with van der Waals surface area (Å²) < 4.78 is 25.4. The number of hydrogen-bond donors (Lipinski definition) is 1. The zero-order valence-electron chi connectivity index (χ0n) is 15.9. The maximum atomic E-state index is 12.4. The van der Waals surface area contributed by atoms with Crippen molar-refractivity contribution in [3.05, 3.63) is 28.2 Å². The molecule has 1 aromatic carbocycles. The van der Waals surface area contributed by atoms with Crippen LogP contribution in [0.3, 0.4) is 0 Å². The number of nitrogens with zero attached hydrogens (tertiary/aromatic N) is 2. The van der Waals surface area contributed by atoms with E-state index in [4.69, 9.17) is 0 Å². The summed E-state index contributed by atoms with van der Waals surface area (Å²) in [6, 6.07) is 5.68. The third-order valence-electron chi connectivity index (χ3n) is 4.65. The summed E-state index contributed by atoms with van der Waals surface area (Å²) in [7, 11) is -3.22. The third-order valence-corrected chi connectivity index (χ3v) is 6.92. The standard InChI is InChI=1S/C18H26BrN3O4S/c1-4-21(27(3,25)26)9-5-8-20-18(24)14-11-17(23)22(12-14)15-6-7-16(19)13(2)10-15/h6-7,10,14H,4-5,8-9,11-12H2,1-3H3,(H,20,24). The van der Waals surface area contributed by atoms with Crippen molar-refractivity contribution in [3.8, 4) is 0 Å². The van der Waals surface area contributed by atoms with Crippen molar-refractivity contribution in [2.75, 3.05) is 37.3 Å². The summed E-state index contributed by atoms with van der Waals surface area (Å²) in [6.07, 6.45) is 1.89. The van der Waals surface area contributed by atoms with Crippen LogP contribution < -0.4 is 10.2 Å². The molecule has 1 saturated heterocycles. The fourth-order valence-corrected chi connectivity index (χ4v) is 4.28. The molecule has 0 aliphatic carbocycles. The number of benzene rings is 1. The lowest BCUT2D eigenvalue weighted by Crippen LogP contribution is -2.36. The molecule has 7 nitrogen and oxygen atoms in total. The Morgan fingerprint density at radius 1 is 1.41 bits per heavy atom. The maximum absolute atomic E-state index is 12.4. The van der Waals surface area contributed by atoms with Crippen LogP contribution in [0, 0.1) is 12.8 Å². The van der Waals surface area contributed by atoms with E-state index in [-0.39, 0.29) is 18.2 Å². The van der Waals surface area contributed by atoms with Crippen LogP contribution in [0.4, 0.5) is 5.69 Å². The number of carbonyl (C=O) groups is 2. The first-order valence-electron chi connectivity index (χ1n) is 8.92. The molecule has 0 bridgehead atoms. The van der Waals surface area contributed by atoms with Gasteiger partial charge in [-0.2, -0.15) is 0 Å². The number of sulfonamides is 1. The molecule has 1 aromatic rings. The second-order valence-electron chi connectivity index (χ2n) is 6.74. The van der Waals surface area contributed by atoms with Gasteiger partial charge in [-0.3, -0.25) is 9.59 Å². The molecular formula is C18H26BrN3O4S. The van der Waals surface area contributed by atoms with Crippen molar-refractivity contribution < 1.29 is 18.0 Å². The number of rotatable bonds is 8. The molecule has 9 heteroatoms. The molecular weight excluding hydrogens is 434 g/mol. The molecule has 1 unspecified atom stereocenters. The van der Waals surface area contributed by atoms with Gasteiger partial charge >= 0.3 is 0 Å². The maximum Gasteiger partial charge on any atom is 0.227 e. The third kappa shape index (κ3) is 5.76. The van der Waals surface area contributed by atoms with Crippen molar-refractivity contribution >= 4 is 43.5 Å². The second kappa shape index (κ2) is 9.16. The largest absolute Gasteiger partial charge is 0.356 e. The molecule has 0 saturated carbocycles. The molecule has 1 N–H and O–H groups in total. The van der Waals surface area contributed by atoms with Crippen LogP contribution >= 0.6 is 15.9 Å². The van der Waals surface area contributed by atoms with Gasteiger partial charge in [-0.05, 0) is 37.1 Å². The molecule has 1 atom stereocenters. The van der Waals surface area contributed by atoms with E-state index < -0.39 is 15.9 Å². The van der Waals surface area contributed by atoms with Crippen LogP contribution in [0.5, 0.6) is 0 Å². The van der Waals surface area contributed by atoms with Crippen LogP contribution in [0.2, 0.25) is 0 Å². The normalized spacial score (nSPS) is 17.6. The van der Waals surface area contributed by atoms with Crippen molar-refractivity contribution in [2.24, 2.45) is 5.92 Å². The number of nitrogens with one attached hydrogen (secondary N) is 1. The van der Waals surface area contributed by atoms with Crippen LogP contribution in [0.1, 0.15) is 25.3 Å². The highest BCUT2D eigenvalue weighted by molar-refractivity contribution is 9.10. The molecule has 1 heterocycles. The number of aryl methyl sites for hydroxylation is 1. The highest BCUT2D eigenvalue weighted by Gasteiger charge is 2.35. The van der Waals surface area contributed by atoms with Gasteiger partial charge in [0.25, 0.3) is 0 Å². The highest BCUT2D eigenvalue weighted by Crippen LogP contribution is 2.28. The summed E-state index contributed by atoms with van der Waals surface area (Å²) in [5.74, 6) is -0.619. The molecule has 0 radical (unpaired) electrons. The van der Waals surface area contributed by atoms with Crippen LogP contribution in [-0.4, -0.2) is 57.0 Å². The van der Waals surface area contributed by atoms with Crippen LogP contribution in [-0.2, 0) is 19.6 Å². The smallest absolute Gasteiger partial charge is 0.227 e. The second-order valence-corrected chi connectivity index (χ2v) is 9.57. The van der Waals surface area contributed by atoms with Gasteiger partial charge in [-0.25, -0.2) is 12.7 Å². The SMILES string of the molecule is CCN(CCCNC(=O)C1CC(=O)N(c2ccc(Br)c(C)c2)C1)S(C)(=O)=O. The lowest BCUT2D eigenvalue weighted by molar-refractivity contribution is -0.126. The Labute approximate surface area is 169 Å². The molecule has 2 rings (SSSR count). The minimum Gasteiger partial charge on any atom is -0.356 e. The van der Waals surface area contributed by atoms with Crippen LogP contribution in [0.15, 0.2) is 22.7 Å². The van der Waals surface area contributed by atoms with E-state index in [9.17, 15) is 18.0 Å². The van der Waals surface area contributed by atoms with Gasteiger partial charge in [0.1, 0.15) is 0 Å². The molecule has 27 heavy (non-hydrogen) atoms. The number of hydrogen-bond acceptors (Lipinski definition) is 4.